The van der Waals surface area contributed by atoms with Crippen LogP contribution in [0, 0.1) is 0 Å². The van der Waals surface area contributed by atoms with Gasteiger partial charge in [0.15, 0.2) is 9.47 Å². The zero-order chi connectivity index (χ0) is 18.8. The normalized spacial score (nSPS) is 11.0. The molecule has 0 saturated heterocycles. The van der Waals surface area contributed by atoms with Crippen LogP contribution in [-0.2, 0) is 10.5 Å². The summed E-state index contributed by atoms with van der Waals surface area (Å²) in [5.41, 5.74) is 2.67. The number of rotatable bonds is 5. The van der Waals surface area contributed by atoms with E-state index in [9.17, 15) is 4.79 Å². The Morgan fingerprint density at radius 1 is 1.19 bits per heavy atom. The summed E-state index contributed by atoms with van der Waals surface area (Å²) in [5.74, 6) is 0.641. The fraction of sp³-hybridized carbons (Fsp3) is 0.105. The largest absolute Gasteiger partial charge is 0.274 e. The minimum absolute atomic E-state index is 0.0576. The fourth-order valence-electron chi connectivity index (χ4n) is 2.55. The zero-order valence-corrected chi connectivity index (χ0v) is 17.5. The van der Waals surface area contributed by atoms with Crippen LogP contribution in [0.2, 0.25) is 5.02 Å². The molecular weight excluding hydrogens is 418 g/mol. The average Bonchev–Trinajstić information content (AvgIpc) is 3.27. The predicted octanol–water partition coefficient (Wildman–Crippen LogP) is 6.38. The maximum atomic E-state index is 12.1. The minimum atomic E-state index is -0.0576. The Hall–Kier alpha value is -1.93. The number of para-hydroxylation sites is 1. The third-order valence-corrected chi connectivity index (χ3v) is 7.06. The highest BCUT2D eigenvalue weighted by Crippen LogP contribution is 2.34. The number of carbonyl (C=O) groups excluding carboxylic acids is 1. The molecule has 0 saturated carbocycles. The molecule has 0 spiro atoms. The van der Waals surface area contributed by atoms with Crippen molar-refractivity contribution < 1.29 is 4.79 Å². The fourth-order valence-corrected chi connectivity index (χ4v) is 5.65. The molecule has 0 atom stereocenters. The Morgan fingerprint density at radius 3 is 2.78 bits per heavy atom. The van der Waals surface area contributed by atoms with Gasteiger partial charge in [0.1, 0.15) is 0 Å². The summed E-state index contributed by atoms with van der Waals surface area (Å²) >= 11 is 10.8. The predicted molar refractivity (Wildman–Crippen MR) is 116 cm³/mol. The standard InChI is InChI=1S/C19H14ClN3OS3/c1-12(24)23(15-5-3-2-4-6-15)18-21-14(10-25-18)11-26-19-22-16-9-13(20)7-8-17(16)27-19/h2-10H,11H2,1H3. The van der Waals surface area contributed by atoms with Crippen molar-refractivity contribution in [3.8, 4) is 0 Å². The van der Waals surface area contributed by atoms with E-state index in [4.69, 9.17) is 11.6 Å². The van der Waals surface area contributed by atoms with E-state index < -0.39 is 0 Å². The van der Waals surface area contributed by atoms with Gasteiger partial charge in [0.25, 0.3) is 0 Å². The van der Waals surface area contributed by atoms with E-state index >= 15 is 0 Å². The highest BCUT2D eigenvalue weighted by Gasteiger charge is 2.18. The molecule has 0 aliphatic carbocycles. The molecule has 2 aromatic carbocycles. The molecule has 4 nitrogen and oxygen atoms in total. The average molecular weight is 432 g/mol. The van der Waals surface area contributed by atoms with Gasteiger partial charge in [-0.05, 0) is 30.3 Å². The second-order valence-electron chi connectivity index (χ2n) is 5.69. The van der Waals surface area contributed by atoms with Crippen LogP contribution in [0.1, 0.15) is 12.6 Å². The number of anilines is 2. The molecule has 2 aromatic heterocycles. The summed E-state index contributed by atoms with van der Waals surface area (Å²) < 4.78 is 2.10. The summed E-state index contributed by atoms with van der Waals surface area (Å²) in [4.78, 5) is 23.0. The Morgan fingerprint density at radius 2 is 2.00 bits per heavy atom. The van der Waals surface area contributed by atoms with Crippen molar-refractivity contribution in [2.75, 3.05) is 4.90 Å². The molecule has 0 fully saturated rings. The topological polar surface area (TPSA) is 46.1 Å². The van der Waals surface area contributed by atoms with Crippen LogP contribution in [0.4, 0.5) is 10.8 Å². The van der Waals surface area contributed by atoms with Gasteiger partial charge >= 0.3 is 0 Å². The van der Waals surface area contributed by atoms with Crippen LogP contribution in [0.5, 0.6) is 0 Å². The molecule has 1 amide bonds. The molecule has 0 N–H and O–H groups in total. The number of thioether (sulfide) groups is 1. The molecule has 0 radical (unpaired) electrons. The number of hydrogen-bond acceptors (Lipinski definition) is 6. The Kier molecular flexibility index (Phi) is 5.45. The van der Waals surface area contributed by atoms with Crippen LogP contribution in [0.15, 0.2) is 58.3 Å². The molecule has 27 heavy (non-hydrogen) atoms. The second kappa shape index (κ2) is 7.98. The smallest absolute Gasteiger partial charge is 0.230 e. The van der Waals surface area contributed by atoms with Crippen molar-refractivity contribution in [3.63, 3.8) is 0 Å². The van der Waals surface area contributed by atoms with Crippen molar-refractivity contribution in [2.45, 2.75) is 17.0 Å². The molecule has 0 bridgehead atoms. The van der Waals surface area contributed by atoms with E-state index in [1.165, 1.54) is 11.3 Å². The van der Waals surface area contributed by atoms with Crippen LogP contribution >= 0.6 is 46.0 Å². The lowest BCUT2D eigenvalue weighted by Gasteiger charge is -2.17. The number of aromatic nitrogens is 2. The first-order valence-electron chi connectivity index (χ1n) is 8.09. The minimum Gasteiger partial charge on any atom is -0.274 e. The van der Waals surface area contributed by atoms with Crippen molar-refractivity contribution in [1.82, 2.24) is 9.97 Å². The van der Waals surface area contributed by atoms with E-state index in [0.29, 0.717) is 15.9 Å². The third-order valence-electron chi connectivity index (χ3n) is 3.73. The van der Waals surface area contributed by atoms with E-state index in [0.717, 1.165) is 25.9 Å². The van der Waals surface area contributed by atoms with Crippen molar-refractivity contribution in [3.05, 3.63) is 64.6 Å². The molecule has 0 aliphatic rings. The van der Waals surface area contributed by atoms with Gasteiger partial charge in [-0.2, -0.15) is 0 Å². The SMILES string of the molecule is CC(=O)N(c1ccccc1)c1nc(CSc2nc3cc(Cl)ccc3s2)cs1. The summed E-state index contributed by atoms with van der Waals surface area (Å²) in [6, 6.07) is 15.3. The Bertz CT molecular complexity index is 1090. The van der Waals surface area contributed by atoms with E-state index in [-0.39, 0.29) is 5.91 Å². The lowest BCUT2D eigenvalue weighted by molar-refractivity contribution is -0.115. The second-order valence-corrected chi connectivity index (χ2v) is 9.22. The van der Waals surface area contributed by atoms with Crippen molar-refractivity contribution >= 4 is 73.0 Å². The number of fused-ring (bicyclic) bond motifs is 1. The van der Waals surface area contributed by atoms with Gasteiger partial charge in [-0.3, -0.25) is 9.69 Å². The number of halogens is 1. The highest BCUT2D eigenvalue weighted by atomic mass is 35.5. The van der Waals surface area contributed by atoms with Crippen molar-refractivity contribution in [1.29, 1.82) is 0 Å². The number of thiazole rings is 2. The van der Waals surface area contributed by atoms with Gasteiger partial charge in [0, 0.05) is 23.1 Å². The first-order chi connectivity index (χ1) is 13.1. The molecule has 8 heteroatoms. The Labute approximate surface area is 173 Å². The molecule has 4 rings (SSSR count). The number of hydrogen-bond donors (Lipinski definition) is 0. The molecule has 0 aliphatic heterocycles. The number of carbonyl (C=O) groups is 1. The summed E-state index contributed by atoms with van der Waals surface area (Å²) in [6.07, 6.45) is 0. The Balaban J connectivity index is 1.50. The highest BCUT2D eigenvalue weighted by molar-refractivity contribution is 8.00. The van der Waals surface area contributed by atoms with Gasteiger partial charge in [0.05, 0.1) is 21.6 Å². The molecule has 2 heterocycles. The first kappa shape index (κ1) is 18.4. The summed E-state index contributed by atoms with van der Waals surface area (Å²) in [6.45, 7) is 1.55. The van der Waals surface area contributed by atoms with Gasteiger partial charge in [-0.25, -0.2) is 9.97 Å². The lowest BCUT2D eigenvalue weighted by atomic mass is 10.3. The van der Waals surface area contributed by atoms with Crippen molar-refractivity contribution in [2.24, 2.45) is 0 Å². The maximum Gasteiger partial charge on any atom is 0.230 e. The summed E-state index contributed by atoms with van der Waals surface area (Å²) in [5, 5.41) is 3.37. The molecular formula is C19H14ClN3OS3. The van der Waals surface area contributed by atoms with Gasteiger partial charge in [0.2, 0.25) is 5.91 Å². The molecule has 0 unspecified atom stereocenters. The lowest BCUT2D eigenvalue weighted by Crippen LogP contribution is -2.22. The van der Waals surface area contributed by atoms with Crippen LogP contribution in [0.25, 0.3) is 10.2 Å². The van der Waals surface area contributed by atoms with E-state index in [1.54, 1.807) is 34.9 Å². The van der Waals surface area contributed by atoms with Gasteiger partial charge in [-0.15, -0.1) is 22.7 Å². The zero-order valence-electron chi connectivity index (χ0n) is 14.3. The van der Waals surface area contributed by atoms with Crippen LogP contribution in [-0.4, -0.2) is 15.9 Å². The third kappa shape index (κ3) is 4.16. The number of amides is 1. The number of nitrogens with zero attached hydrogens (tertiary/aromatic N) is 3. The van der Waals surface area contributed by atoms with E-state index in [2.05, 4.69) is 9.97 Å². The molecule has 4 aromatic rings. The maximum absolute atomic E-state index is 12.1. The quantitative estimate of drug-likeness (QED) is 0.344. The number of benzene rings is 2. The monoisotopic (exact) mass is 431 g/mol. The molecule has 136 valence electrons. The first-order valence-corrected chi connectivity index (χ1v) is 11.1. The van der Waals surface area contributed by atoms with Gasteiger partial charge in [-0.1, -0.05) is 41.6 Å². The van der Waals surface area contributed by atoms with Crippen LogP contribution in [0.3, 0.4) is 0 Å². The van der Waals surface area contributed by atoms with Gasteiger partial charge < -0.3 is 0 Å². The van der Waals surface area contributed by atoms with E-state index in [1.807, 2.05) is 53.9 Å². The summed E-state index contributed by atoms with van der Waals surface area (Å²) in [7, 11) is 0. The van der Waals surface area contributed by atoms with Crippen LogP contribution < -0.4 is 4.90 Å².